The molecule has 0 unspecified atom stereocenters. The summed E-state index contributed by atoms with van der Waals surface area (Å²) >= 11 is 0. The van der Waals surface area contributed by atoms with Gasteiger partial charge in [0.25, 0.3) is 0 Å². The highest BCUT2D eigenvalue weighted by Crippen LogP contribution is 2.45. The number of carbonyl (C=O) groups is 2. The monoisotopic (exact) mass is 376 g/mol. The van der Waals surface area contributed by atoms with Crippen molar-refractivity contribution in [2.24, 2.45) is 0 Å². The Kier molecular flexibility index (Phi) is 5.89. The van der Waals surface area contributed by atoms with E-state index in [4.69, 9.17) is 14.2 Å². The number of amides is 2. The molecular formula is C20H28N2O5. The molecule has 0 radical (unpaired) electrons. The molecular weight excluding hydrogens is 348 g/mol. The lowest BCUT2D eigenvalue weighted by Crippen LogP contribution is -2.48. The molecule has 148 valence electrons. The van der Waals surface area contributed by atoms with Crippen molar-refractivity contribution in [1.29, 1.82) is 0 Å². The number of likely N-dealkylation sites (tertiary alicyclic amines) is 1. The van der Waals surface area contributed by atoms with Gasteiger partial charge in [-0.3, -0.25) is 9.59 Å². The van der Waals surface area contributed by atoms with Gasteiger partial charge in [-0.2, -0.15) is 0 Å². The zero-order valence-corrected chi connectivity index (χ0v) is 16.3. The van der Waals surface area contributed by atoms with E-state index in [1.165, 1.54) is 5.56 Å². The molecule has 0 aliphatic carbocycles. The van der Waals surface area contributed by atoms with Crippen molar-refractivity contribution in [3.05, 3.63) is 23.3 Å². The lowest BCUT2D eigenvalue weighted by atomic mass is 9.79. The molecule has 2 aliphatic heterocycles. The number of nitrogens with one attached hydrogen (secondary N) is 1. The Morgan fingerprint density at radius 1 is 1.15 bits per heavy atom. The highest BCUT2D eigenvalue weighted by molar-refractivity contribution is 5.83. The van der Waals surface area contributed by atoms with Crippen LogP contribution in [0, 0.1) is 0 Å². The number of benzene rings is 1. The van der Waals surface area contributed by atoms with Gasteiger partial charge in [0.05, 0.1) is 26.4 Å². The number of nitrogens with zero attached hydrogens (tertiary/aromatic N) is 1. The van der Waals surface area contributed by atoms with Gasteiger partial charge in [-0.15, -0.1) is 0 Å². The number of ether oxygens (including phenoxy) is 3. The fourth-order valence-corrected chi connectivity index (χ4v) is 4.02. The largest absolute Gasteiger partial charge is 0.493 e. The molecule has 3 rings (SSSR count). The summed E-state index contributed by atoms with van der Waals surface area (Å²) in [5, 5.41) is 2.55. The second-order valence-corrected chi connectivity index (χ2v) is 7.01. The summed E-state index contributed by atoms with van der Waals surface area (Å²) in [6.07, 6.45) is 2.79. The van der Waals surface area contributed by atoms with Crippen LogP contribution in [-0.2, 0) is 26.3 Å². The SMILES string of the molecule is CNC(=O)CCC(=O)N1CCC2(CC1)OCCc1cc(OC)c(OC)cc12. The van der Waals surface area contributed by atoms with E-state index in [1.807, 2.05) is 17.0 Å². The van der Waals surface area contributed by atoms with Gasteiger partial charge < -0.3 is 24.4 Å². The normalized spacial score (nSPS) is 18.0. The Labute approximate surface area is 160 Å². The summed E-state index contributed by atoms with van der Waals surface area (Å²) in [5.74, 6) is 1.35. The van der Waals surface area contributed by atoms with Crippen LogP contribution in [0.25, 0.3) is 0 Å². The van der Waals surface area contributed by atoms with Crippen molar-refractivity contribution < 1.29 is 23.8 Å². The van der Waals surface area contributed by atoms with E-state index in [-0.39, 0.29) is 30.3 Å². The lowest BCUT2D eigenvalue weighted by Gasteiger charge is -2.45. The molecule has 7 nitrogen and oxygen atoms in total. The Morgan fingerprint density at radius 2 is 1.81 bits per heavy atom. The summed E-state index contributed by atoms with van der Waals surface area (Å²) in [7, 11) is 4.86. The second kappa shape index (κ2) is 8.17. The van der Waals surface area contributed by atoms with E-state index < -0.39 is 0 Å². The fraction of sp³-hybridized carbons (Fsp3) is 0.600. The molecule has 2 aliphatic rings. The zero-order valence-electron chi connectivity index (χ0n) is 16.3. The van der Waals surface area contributed by atoms with E-state index in [2.05, 4.69) is 5.32 Å². The zero-order chi connectivity index (χ0) is 19.4. The molecule has 2 amide bonds. The average molecular weight is 376 g/mol. The Bertz CT molecular complexity index is 711. The van der Waals surface area contributed by atoms with E-state index in [1.54, 1.807) is 21.3 Å². The van der Waals surface area contributed by atoms with E-state index in [0.717, 1.165) is 30.6 Å². The van der Waals surface area contributed by atoms with E-state index in [0.29, 0.717) is 25.4 Å². The maximum Gasteiger partial charge on any atom is 0.223 e. The first kappa shape index (κ1) is 19.5. The molecule has 27 heavy (non-hydrogen) atoms. The van der Waals surface area contributed by atoms with Crippen molar-refractivity contribution in [3.63, 3.8) is 0 Å². The Morgan fingerprint density at radius 3 is 2.44 bits per heavy atom. The van der Waals surface area contributed by atoms with Crippen LogP contribution in [0.3, 0.4) is 0 Å². The topological polar surface area (TPSA) is 77.1 Å². The highest BCUT2D eigenvalue weighted by atomic mass is 16.5. The molecule has 2 heterocycles. The standard InChI is InChI=1S/C20H28N2O5/c1-21-18(23)4-5-19(24)22-9-7-20(8-10-22)15-13-17(26-3)16(25-2)12-14(15)6-11-27-20/h12-13H,4-11H2,1-3H3,(H,21,23). The minimum absolute atomic E-state index is 0.0248. The Balaban J connectivity index is 1.73. The molecule has 1 saturated heterocycles. The predicted molar refractivity (Wildman–Crippen MR) is 100.0 cm³/mol. The second-order valence-electron chi connectivity index (χ2n) is 7.01. The van der Waals surface area contributed by atoms with Crippen LogP contribution in [0.2, 0.25) is 0 Å². The Hall–Kier alpha value is -2.28. The number of carbonyl (C=O) groups excluding carboxylic acids is 2. The number of fused-ring (bicyclic) bond motifs is 2. The molecule has 1 aromatic rings. The van der Waals surface area contributed by atoms with E-state index >= 15 is 0 Å². The van der Waals surface area contributed by atoms with Gasteiger partial charge in [0.15, 0.2) is 11.5 Å². The highest BCUT2D eigenvalue weighted by Gasteiger charge is 2.42. The lowest BCUT2D eigenvalue weighted by molar-refractivity contribution is -0.142. The van der Waals surface area contributed by atoms with Gasteiger partial charge >= 0.3 is 0 Å². The third kappa shape index (κ3) is 3.88. The molecule has 1 N–H and O–H groups in total. The van der Waals surface area contributed by atoms with E-state index in [9.17, 15) is 9.59 Å². The van der Waals surface area contributed by atoms with Crippen molar-refractivity contribution in [2.45, 2.75) is 37.7 Å². The van der Waals surface area contributed by atoms with Crippen LogP contribution in [0.5, 0.6) is 11.5 Å². The summed E-state index contributed by atoms with van der Waals surface area (Å²) in [6, 6.07) is 4.07. The van der Waals surface area contributed by atoms with Crippen LogP contribution >= 0.6 is 0 Å². The predicted octanol–water partition coefficient (Wildman–Crippen LogP) is 1.62. The van der Waals surface area contributed by atoms with Crippen molar-refractivity contribution >= 4 is 11.8 Å². The van der Waals surface area contributed by atoms with Crippen LogP contribution in [-0.4, -0.2) is 57.7 Å². The first-order valence-corrected chi connectivity index (χ1v) is 9.40. The molecule has 1 aromatic carbocycles. The first-order chi connectivity index (χ1) is 13.0. The molecule has 0 aromatic heterocycles. The number of piperidine rings is 1. The summed E-state index contributed by atoms with van der Waals surface area (Å²) in [6.45, 7) is 1.91. The molecule has 0 bridgehead atoms. The first-order valence-electron chi connectivity index (χ1n) is 9.40. The van der Waals surface area contributed by atoms with Gasteiger partial charge in [0.1, 0.15) is 0 Å². The maximum absolute atomic E-state index is 12.4. The number of hydrogen-bond acceptors (Lipinski definition) is 5. The van der Waals surface area contributed by atoms with Crippen LogP contribution in [0.15, 0.2) is 12.1 Å². The van der Waals surface area contributed by atoms with Crippen molar-refractivity contribution in [3.8, 4) is 11.5 Å². The summed E-state index contributed by atoms with van der Waals surface area (Å²) in [4.78, 5) is 25.6. The molecule has 0 saturated carbocycles. The summed E-state index contributed by atoms with van der Waals surface area (Å²) in [5.41, 5.74) is 1.98. The van der Waals surface area contributed by atoms with Gasteiger partial charge in [-0.1, -0.05) is 0 Å². The molecule has 7 heteroatoms. The minimum Gasteiger partial charge on any atom is -0.493 e. The molecule has 0 atom stereocenters. The minimum atomic E-state index is -0.384. The maximum atomic E-state index is 12.4. The van der Waals surface area contributed by atoms with Gasteiger partial charge in [-0.05, 0) is 42.5 Å². The van der Waals surface area contributed by atoms with Gasteiger partial charge in [0, 0.05) is 33.0 Å². The third-order valence-electron chi connectivity index (χ3n) is 5.62. The fourth-order valence-electron chi connectivity index (χ4n) is 4.02. The van der Waals surface area contributed by atoms with Gasteiger partial charge in [-0.25, -0.2) is 0 Å². The van der Waals surface area contributed by atoms with Gasteiger partial charge in [0.2, 0.25) is 11.8 Å². The summed E-state index contributed by atoms with van der Waals surface area (Å²) < 4.78 is 17.2. The number of methoxy groups -OCH3 is 2. The van der Waals surface area contributed by atoms with Crippen LogP contribution < -0.4 is 14.8 Å². The van der Waals surface area contributed by atoms with Crippen LogP contribution in [0.4, 0.5) is 0 Å². The van der Waals surface area contributed by atoms with Crippen LogP contribution in [0.1, 0.15) is 36.8 Å². The number of hydrogen-bond donors (Lipinski definition) is 1. The average Bonchev–Trinajstić information content (AvgIpc) is 2.71. The van der Waals surface area contributed by atoms with Crippen molar-refractivity contribution in [2.75, 3.05) is 41.0 Å². The number of rotatable bonds is 5. The molecule has 1 spiro atoms. The molecule has 1 fully saturated rings. The van der Waals surface area contributed by atoms with Crippen molar-refractivity contribution in [1.82, 2.24) is 10.2 Å². The third-order valence-corrected chi connectivity index (χ3v) is 5.62. The quantitative estimate of drug-likeness (QED) is 0.845. The smallest absolute Gasteiger partial charge is 0.223 e.